The van der Waals surface area contributed by atoms with E-state index in [2.05, 4.69) is 26.6 Å². The highest BCUT2D eigenvalue weighted by molar-refractivity contribution is 9.10. The fourth-order valence-corrected chi connectivity index (χ4v) is 4.24. The number of amides is 4. The lowest BCUT2D eigenvalue weighted by atomic mass is 9.92. The lowest BCUT2D eigenvalue weighted by molar-refractivity contribution is -0.135. The van der Waals surface area contributed by atoms with Crippen LogP contribution in [0.4, 0.5) is 4.79 Å². The summed E-state index contributed by atoms with van der Waals surface area (Å²) in [7, 11) is 0. The fourth-order valence-electron chi connectivity index (χ4n) is 3.84. The van der Waals surface area contributed by atoms with Gasteiger partial charge in [-0.3, -0.25) is 14.5 Å². The van der Waals surface area contributed by atoms with Crippen molar-refractivity contribution in [3.63, 3.8) is 0 Å². The molecule has 1 atom stereocenters. The molecule has 7 heteroatoms. The van der Waals surface area contributed by atoms with Gasteiger partial charge in [0.15, 0.2) is 0 Å². The van der Waals surface area contributed by atoms with E-state index in [1.54, 1.807) is 25.1 Å². The molecule has 1 aliphatic rings. The van der Waals surface area contributed by atoms with Crippen LogP contribution < -0.4 is 10.6 Å². The molecule has 1 saturated heterocycles. The van der Waals surface area contributed by atoms with E-state index in [9.17, 15) is 14.4 Å². The zero-order chi connectivity index (χ0) is 22.7. The standard InChI is InChI=1S/C25H22BrN3O3/c1-25(19-13-8-14-20(26)15-19)23(31)29(24(32)28-25)16-21(30)27-22(17-9-4-2-5-10-17)18-11-6-3-7-12-18/h2-15,22H,16H2,1H3,(H,27,30)(H,28,32)/t25-/m1/s1. The van der Waals surface area contributed by atoms with Crippen LogP contribution >= 0.6 is 15.9 Å². The second kappa shape index (κ2) is 8.96. The van der Waals surface area contributed by atoms with Gasteiger partial charge in [-0.05, 0) is 35.7 Å². The summed E-state index contributed by atoms with van der Waals surface area (Å²) in [5, 5.41) is 5.71. The Balaban J connectivity index is 1.54. The Hall–Kier alpha value is -3.45. The highest BCUT2D eigenvalue weighted by Gasteiger charge is 2.49. The van der Waals surface area contributed by atoms with E-state index in [1.807, 2.05) is 66.7 Å². The second-order valence-corrected chi connectivity index (χ2v) is 8.69. The van der Waals surface area contributed by atoms with Crippen molar-refractivity contribution in [3.8, 4) is 0 Å². The van der Waals surface area contributed by atoms with Crippen molar-refractivity contribution in [1.82, 2.24) is 15.5 Å². The number of carbonyl (C=O) groups is 3. The van der Waals surface area contributed by atoms with Gasteiger partial charge in [0.1, 0.15) is 12.1 Å². The summed E-state index contributed by atoms with van der Waals surface area (Å²) in [6.45, 7) is 1.27. The molecule has 32 heavy (non-hydrogen) atoms. The number of hydrogen-bond acceptors (Lipinski definition) is 3. The molecule has 1 fully saturated rings. The lowest BCUT2D eigenvalue weighted by Crippen LogP contribution is -2.44. The van der Waals surface area contributed by atoms with Crippen molar-refractivity contribution in [2.45, 2.75) is 18.5 Å². The van der Waals surface area contributed by atoms with E-state index in [-0.39, 0.29) is 6.54 Å². The van der Waals surface area contributed by atoms with Crippen molar-refractivity contribution >= 4 is 33.8 Å². The molecule has 0 spiro atoms. The monoisotopic (exact) mass is 491 g/mol. The zero-order valence-corrected chi connectivity index (χ0v) is 19.0. The lowest BCUT2D eigenvalue weighted by Gasteiger charge is -2.23. The van der Waals surface area contributed by atoms with Crippen molar-refractivity contribution in [2.75, 3.05) is 6.54 Å². The SMILES string of the molecule is C[C@]1(c2cccc(Br)c2)NC(=O)N(CC(=O)NC(c2ccccc2)c2ccccc2)C1=O. The summed E-state index contributed by atoms with van der Waals surface area (Å²) in [6, 6.07) is 25.3. The van der Waals surface area contributed by atoms with Crippen LogP contribution in [-0.2, 0) is 15.1 Å². The Morgan fingerprint density at radius 2 is 1.56 bits per heavy atom. The molecule has 3 aromatic rings. The third kappa shape index (κ3) is 4.29. The van der Waals surface area contributed by atoms with Crippen LogP contribution in [0.2, 0.25) is 0 Å². The molecule has 162 valence electrons. The Morgan fingerprint density at radius 1 is 0.969 bits per heavy atom. The maximum Gasteiger partial charge on any atom is 0.325 e. The van der Waals surface area contributed by atoms with Gasteiger partial charge in [0, 0.05) is 4.47 Å². The van der Waals surface area contributed by atoms with Gasteiger partial charge in [0.05, 0.1) is 6.04 Å². The van der Waals surface area contributed by atoms with Gasteiger partial charge >= 0.3 is 6.03 Å². The molecule has 4 amide bonds. The molecule has 6 nitrogen and oxygen atoms in total. The molecule has 0 radical (unpaired) electrons. The molecular formula is C25H22BrN3O3. The van der Waals surface area contributed by atoms with Crippen LogP contribution in [0.25, 0.3) is 0 Å². The van der Waals surface area contributed by atoms with Gasteiger partial charge in [0.2, 0.25) is 5.91 Å². The first kappa shape index (κ1) is 21.8. The Bertz CT molecular complexity index is 1110. The molecule has 4 rings (SSSR count). The Kier molecular flexibility index (Phi) is 6.10. The molecule has 0 aromatic heterocycles. The van der Waals surface area contributed by atoms with E-state index in [1.165, 1.54) is 0 Å². The van der Waals surface area contributed by atoms with Crippen LogP contribution in [0, 0.1) is 0 Å². The maximum absolute atomic E-state index is 13.2. The van der Waals surface area contributed by atoms with E-state index in [0.29, 0.717) is 5.56 Å². The first-order valence-electron chi connectivity index (χ1n) is 10.2. The molecule has 0 saturated carbocycles. The molecule has 3 aromatic carbocycles. The van der Waals surface area contributed by atoms with Crippen molar-refractivity contribution in [1.29, 1.82) is 0 Å². The third-order valence-electron chi connectivity index (χ3n) is 5.55. The van der Waals surface area contributed by atoms with E-state index >= 15 is 0 Å². The van der Waals surface area contributed by atoms with Gasteiger partial charge < -0.3 is 10.6 Å². The first-order valence-corrected chi connectivity index (χ1v) is 11.0. The van der Waals surface area contributed by atoms with Crippen molar-refractivity contribution in [2.24, 2.45) is 0 Å². The van der Waals surface area contributed by atoms with E-state index in [0.717, 1.165) is 20.5 Å². The summed E-state index contributed by atoms with van der Waals surface area (Å²) in [4.78, 5) is 39.7. The summed E-state index contributed by atoms with van der Waals surface area (Å²) in [5.74, 6) is -0.892. The van der Waals surface area contributed by atoms with Crippen molar-refractivity contribution < 1.29 is 14.4 Å². The molecule has 0 bridgehead atoms. The summed E-state index contributed by atoms with van der Waals surface area (Å²) in [6.07, 6.45) is 0. The number of imide groups is 1. The van der Waals surface area contributed by atoms with Gasteiger partial charge in [-0.2, -0.15) is 0 Å². The van der Waals surface area contributed by atoms with Crippen LogP contribution in [0.1, 0.15) is 29.7 Å². The number of carbonyl (C=O) groups excluding carboxylic acids is 3. The summed E-state index contributed by atoms with van der Waals surface area (Å²) >= 11 is 3.39. The number of rotatable bonds is 6. The van der Waals surface area contributed by atoms with Gasteiger partial charge in [0.25, 0.3) is 5.91 Å². The highest BCUT2D eigenvalue weighted by atomic mass is 79.9. The normalized spacial score (nSPS) is 18.0. The Morgan fingerprint density at radius 3 is 2.12 bits per heavy atom. The van der Waals surface area contributed by atoms with E-state index in [4.69, 9.17) is 0 Å². The minimum absolute atomic E-state index is 0.371. The zero-order valence-electron chi connectivity index (χ0n) is 17.4. The van der Waals surface area contributed by atoms with Gasteiger partial charge in [-0.25, -0.2) is 4.79 Å². The maximum atomic E-state index is 13.2. The average molecular weight is 492 g/mol. The predicted molar refractivity (Wildman–Crippen MR) is 125 cm³/mol. The van der Waals surface area contributed by atoms with Gasteiger partial charge in [-0.1, -0.05) is 88.7 Å². The number of halogens is 1. The highest BCUT2D eigenvalue weighted by Crippen LogP contribution is 2.30. The van der Waals surface area contributed by atoms with Gasteiger partial charge in [-0.15, -0.1) is 0 Å². The van der Waals surface area contributed by atoms with E-state index < -0.39 is 29.4 Å². The predicted octanol–water partition coefficient (Wildman–Crippen LogP) is 4.12. The number of benzene rings is 3. The largest absolute Gasteiger partial charge is 0.344 e. The van der Waals surface area contributed by atoms with Crippen LogP contribution in [0.5, 0.6) is 0 Å². The van der Waals surface area contributed by atoms with Crippen LogP contribution in [0.3, 0.4) is 0 Å². The summed E-state index contributed by atoms with van der Waals surface area (Å²) < 4.78 is 0.794. The van der Waals surface area contributed by atoms with Crippen LogP contribution in [-0.4, -0.2) is 29.3 Å². The van der Waals surface area contributed by atoms with Crippen molar-refractivity contribution in [3.05, 3.63) is 106 Å². The number of hydrogen-bond donors (Lipinski definition) is 2. The first-order chi connectivity index (χ1) is 15.4. The molecular weight excluding hydrogens is 470 g/mol. The topological polar surface area (TPSA) is 78.5 Å². The quantitative estimate of drug-likeness (QED) is 0.509. The van der Waals surface area contributed by atoms with Crippen LogP contribution in [0.15, 0.2) is 89.4 Å². The smallest absolute Gasteiger partial charge is 0.325 e. The molecule has 1 aliphatic heterocycles. The number of nitrogens with one attached hydrogen (secondary N) is 2. The molecule has 0 unspecified atom stereocenters. The molecule has 0 aliphatic carbocycles. The third-order valence-corrected chi connectivity index (χ3v) is 6.04. The molecule has 2 N–H and O–H groups in total. The minimum Gasteiger partial charge on any atom is -0.344 e. The fraction of sp³-hybridized carbons (Fsp3) is 0.160. The molecule has 1 heterocycles. The second-order valence-electron chi connectivity index (χ2n) is 7.78. The Labute approximate surface area is 194 Å². The minimum atomic E-state index is -1.24. The number of urea groups is 1. The summed E-state index contributed by atoms with van der Waals surface area (Å²) in [5.41, 5.74) is 1.21. The average Bonchev–Trinajstić information content (AvgIpc) is 3.02. The number of nitrogens with zero attached hydrogens (tertiary/aromatic N) is 1.